The lowest BCUT2D eigenvalue weighted by Gasteiger charge is -2.43. The highest BCUT2D eigenvalue weighted by Crippen LogP contribution is 2.44. The van der Waals surface area contributed by atoms with Gasteiger partial charge < -0.3 is 21.7 Å². The van der Waals surface area contributed by atoms with Crippen molar-refractivity contribution in [2.24, 2.45) is 28.0 Å². The number of amides is 1. The zero-order valence-electron chi connectivity index (χ0n) is 20.9. The Morgan fingerprint density at radius 2 is 2.03 bits per heavy atom. The summed E-state index contributed by atoms with van der Waals surface area (Å²) in [4.78, 5) is 21.3. The van der Waals surface area contributed by atoms with Gasteiger partial charge in [-0.25, -0.2) is 0 Å². The fourth-order valence-electron chi connectivity index (χ4n) is 6.84. The van der Waals surface area contributed by atoms with Gasteiger partial charge in [0.1, 0.15) is 0 Å². The van der Waals surface area contributed by atoms with Crippen LogP contribution in [-0.4, -0.2) is 86.6 Å². The van der Waals surface area contributed by atoms with Gasteiger partial charge in [-0.1, -0.05) is 13.8 Å². The molecule has 1 amide bonds. The number of piperidine rings is 1. The molecular formula is C25H44N8O. The van der Waals surface area contributed by atoms with Gasteiger partial charge in [0.05, 0.1) is 30.2 Å². The van der Waals surface area contributed by atoms with Crippen LogP contribution in [0.4, 0.5) is 0 Å². The summed E-state index contributed by atoms with van der Waals surface area (Å²) in [6, 6.07) is 2.72. The van der Waals surface area contributed by atoms with Gasteiger partial charge in [0, 0.05) is 63.4 Å². The topological polar surface area (TPSA) is 131 Å². The Morgan fingerprint density at radius 3 is 2.74 bits per heavy atom. The summed E-state index contributed by atoms with van der Waals surface area (Å²) in [5, 5.41) is 23.3. The number of nitriles is 1. The number of carbonyl (C=O) groups excluding carboxylic acids is 1. The van der Waals surface area contributed by atoms with Crippen molar-refractivity contribution >= 4 is 12.1 Å². The molecule has 34 heavy (non-hydrogen) atoms. The van der Waals surface area contributed by atoms with Crippen LogP contribution in [0.15, 0.2) is 4.99 Å². The van der Waals surface area contributed by atoms with Gasteiger partial charge in [0.15, 0.2) is 0 Å². The third-order valence-corrected chi connectivity index (χ3v) is 9.04. The Balaban J connectivity index is 1.56. The molecule has 9 nitrogen and oxygen atoms in total. The summed E-state index contributed by atoms with van der Waals surface area (Å²) in [6.45, 7) is 10.3. The Morgan fingerprint density at radius 1 is 1.26 bits per heavy atom. The minimum absolute atomic E-state index is 0.0106. The highest BCUT2D eigenvalue weighted by atomic mass is 16.2. The van der Waals surface area contributed by atoms with E-state index in [1.54, 1.807) is 0 Å². The molecule has 4 aliphatic heterocycles. The summed E-state index contributed by atoms with van der Waals surface area (Å²) < 4.78 is 0. The van der Waals surface area contributed by atoms with E-state index < -0.39 is 12.1 Å². The average molecular weight is 473 g/mol. The van der Waals surface area contributed by atoms with Crippen molar-refractivity contribution < 1.29 is 4.79 Å². The van der Waals surface area contributed by atoms with Gasteiger partial charge in [0.2, 0.25) is 5.91 Å². The predicted octanol–water partition coefficient (Wildman–Crippen LogP) is 0.181. The molecule has 0 aromatic carbocycles. The second-order valence-electron chi connectivity index (χ2n) is 10.7. The first-order valence-electron chi connectivity index (χ1n) is 13.4. The molecule has 6 N–H and O–H groups in total. The molecule has 4 rings (SSSR count). The zero-order valence-corrected chi connectivity index (χ0v) is 20.9. The van der Waals surface area contributed by atoms with Gasteiger partial charge in [-0.15, -0.1) is 0 Å². The number of nitrogens with one attached hydrogen (secondary N) is 4. The lowest BCUT2D eigenvalue weighted by molar-refractivity contribution is -0.128. The van der Waals surface area contributed by atoms with Crippen LogP contribution in [0.25, 0.3) is 0 Å². The van der Waals surface area contributed by atoms with Gasteiger partial charge in [-0.3, -0.25) is 20.0 Å². The molecule has 190 valence electrons. The molecule has 7 atom stereocenters. The number of hydrogen-bond acceptors (Lipinski definition) is 8. The van der Waals surface area contributed by atoms with Gasteiger partial charge in [0.25, 0.3) is 0 Å². The fraction of sp³-hybridized carbons (Fsp3) is 0.880. The summed E-state index contributed by atoms with van der Waals surface area (Å²) in [7, 11) is 0. The summed E-state index contributed by atoms with van der Waals surface area (Å²) in [5.74, 6) is -0.321. The molecule has 3 saturated heterocycles. The summed E-state index contributed by atoms with van der Waals surface area (Å²) in [6.07, 6.45) is 6.67. The monoisotopic (exact) mass is 472 g/mol. The lowest BCUT2D eigenvalue weighted by atomic mass is 9.68. The standard InChI is InChI=1S/C25H44N8O/c1-3-25(4-2)14-18-22(23(27)32-21(25)13-17(5-7-26)15-30-18)24(34)31-19-16-29-8-6-20(19)33-11-9-28-10-12-33/h15,17-23,28-29,32H,3-6,8-14,16,27H2,1-2H3,(H,31,34)/b30-15-. The fourth-order valence-corrected chi connectivity index (χ4v) is 6.84. The second-order valence-corrected chi connectivity index (χ2v) is 10.7. The number of nitrogens with zero attached hydrogens (tertiary/aromatic N) is 3. The first kappa shape index (κ1) is 25.5. The van der Waals surface area contributed by atoms with Gasteiger partial charge in [-0.05, 0) is 44.1 Å². The molecule has 0 saturated carbocycles. The van der Waals surface area contributed by atoms with Crippen LogP contribution in [0.3, 0.4) is 0 Å². The van der Waals surface area contributed by atoms with Crippen LogP contribution < -0.4 is 27.0 Å². The maximum Gasteiger partial charge on any atom is 0.228 e. The smallest absolute Gasteiger partial charge is 0.228 e. The molecule has 0 aliphatic carbocycles. The number of fused-ring (bicyclic) bond motifs is 3. The normalized spacial score (nSPS) is 39.3. The van der Waals surface area contributed by atoms with Gasteiger partial charge >= 0.3 is 0 Å². The Kier molecular flexibility index (Phi) is 8.59. The first-order chi connectivity index (χ1) is 16.5. The van der Waals surface area contributed by atoms with E-state index in [0.717, 1.165) is 71.4 Å². The minimum Gasteiger partial charge on any atom is -0.350 e. The molecule has 7 unspecified atom stereocenters. The number of hydrogen-bond donors (Lipinski definition) is 5. The van der Waals surface area contributed by atoms with Crippen molar-refractivity contribution in [2.75, 3.05) is 39.3 Å². The Bertz CT molecular complexity index is 757. The molecular weight excluding hydrogens is 428 g/mol. The molecule has 0 aromatic rings. The van der Waals surface area contributed by atoms with Crippen molar-refractivity contribution in [2.45, 2.75) is 82.7 Å². The molecule has 0 aromatic heterocycles. The highest BCUT2D eigenvalue weighted by Gasteiger charge is 2.49. The van der Waals surface area contributed by atoms with Crippen LogP contribution in [0, 0.1) is 28.6 Å². The number of nitrogens with two attached hydrogens (primary N) is 1. The molecule has 4 aliphatic rings. The zero-order chi connectivity index (χ0) is 24.1. The third kappa shape index (κ3) is 5.31. The number of rotatable bonds is 6. The molecule has 3 fully saturated rings. The average Bonchev–Trinajstić information content (AvgIpc) is 2.91. The summed E-state index contributed by atoms with van der Waals surface area (Å²) in [5.41, 5.74) is 6.75. The SMILES string of the molecule is CCC1(CC)CC2/N=C\C(CC#N)CC1NC(N)C2C(=O)NC1CNCCC1N1CCNCC1. The Labute approximate surface area is 204 Å². The van der Waals surface area contributed by atoms with E-state index in [2.05, 4.69) is 46.1 Å². The van der Waals surface area contributed by atoms with Crippen LogP contribution in [0.5, 0.6) is 0 Å². The van der Waals surface area contributed by atoms with Gasteiger partial charge in [-0.2, -0.15) is 5.26 Å². The molecule has 0 radical (unpaired) electrons. The van der Waals surface area contributed by atoms with Crippen molar-refractivity contribution in [1.29, 1.82) is 5.26 Å². The Hall–Kier alpha value is -1.57. The van der Waals surface area contributed by atoms with E-state index in [4.69, 9.17) is 10.7 Å². The van der Waals surface area contributed by atoms with Crippen LogP contribution in [-0.2, 0) is 4.79 Å². The maximum atomic E-state index is 13.8. The largest absolute Gasteiger partial charge is 0.350 e. The van der Waals surface area contributed by atoms with Crippen LogP contribution >= 0.6 is 0 Å². The van der Waals surface area contributed by atoms with Crippen LogP contribution in [0.1, 0.15) is 52.4 Å². The number of carbonyl (C=O) groups is 1. The van der Waals surface area contributed by atoms with Crippen molar-refractivity contribution in [3.05, 3.63) is 0 Å². The predicted molar refractivity (Wildman–Crippen MR) is 134 cm³/mol. The number of piperazine rings is 1. The van der Waals surface area contributed by atoms with E-state index in [1.807, 2.05) is 6.21 Å². The van der Waals surface area contributed by atoms with Crippen molar-refractivity contribution in [1.82, 2.24) is 26.2 Å². The second kappa shape index (κ2) is 11.4. The van der Waals surface area contributed by atoms with Crippen molar-refractivity contribution in [3.8, 4) is 6.07 Å². The van der Waals surface area contributed by atoms with E-state index in [1.165, 1.54) is 0 Å². The number of aliphatic imine (C=N–C) groups is 1. The van der Waals surface area contributed by atoms with E-state index >= 15 is 0 Å². The van der Waals surface area contributed by atoms with Crippen molar-refractivity contribution in [3.63, 3.8) is 0 Å². The minimum atomic E-state index is -0.456. The molecule has 9 heteroatoms. The molecule has 2 bridgehead atoms. The quantitative estimate of drug-likeness (QED) is 0.373. The van der Waals surface area contributed by atoms with E-state index in [-0.39, 0.29) is 35.4 Å². The first-order valence-corrected chi connectivity index (χ1v) is 13.4. The maximum absolute atomic E-state index is 13.8. The lowest BCUT2D eigenvalue weighted by Crippen LogP contribution is -2.64. The molecule has 0 spiro atoms. The molecule has 4 heterocycles. The summed E-state index contributed by atoms with van der Waals surface area (Å²) >= 11 is 0. The highest BCUT2D eigenvalue weighted by molar-refractivity contribution is 5.81. The van der Waals surface area contributed by atoms with Crippen LogP contribution in [0.2, 0.25) is 0 Å². The third-order valence-electron chi connectivity index (χ3n) is 9.04. The van der Waals surface area contributed by atoms with E-state index in [0.29, 0.717) is 12.5 Å². The van der Waals surface area contributed by atoms with E-state index in [9.17, 15) is 10.1 Å².